The Balaban J connectivity index is 1.17. The quantitative estimate of drug-likeness (QED) is 0.168. The minimum atomic E-state index is -0.544. The van der Waals surface area contributed by atoms with Crippen LogP contribution < -0.4 is 0 Å². The summed E-state index contributed by atoms with van der Waals surface area (Å²) in [6, 6.07) is 81.0. The van der Waals surface area contributed by atoms with E-state index >= 15 is 0 Å². The molecule has 256 valence electrons. The summed E-state index contributed by atoms with van der Waals surface area (Å²) in [5.74, 6) is 0. The van der Waals surface area contributed by atoms with Crippen molar-refractivity contribution in [3.63, 3.8) is 0 Å². The molecule has 55 heavy (non-hydrogen) atoms. The molecule has 0 saturated heterocycles. The van der Waals surface area contributed by atoms with E-state index in [1.54, 1.807) is 0 Å². The van der Waals surface area contributed by atoms with Gasteiger partial charge in [-0.1, -0.05) is 200 Å². The molecule has 0 bridgehead atoms. The zero-order valence-electron chi connectivity index (χ0n) is 30.3. The summed E-state index contributed by atoms with van der Waals surface area (Å²) in [7, 11) is 0. The van der Waals surface area contributed by atoms with Crippen molar-refractivity contribution < 1.29 is 0 Å². The van der Waals surface area contributed by atoms with E-state index < -0.39 is 5.41 Å². The van der Waals surface area contributed by atoms with Gasteiger partial charge in [-0.15, -0.1) is 0 Å². The smallest absolute Gasteiger partial charge is 0.0622 e. The van der Waals surface area contributed by atoms with Crippen LogP contribution in [0.4, 0.5) is 0 Å². The first kappa shape index (κ1) is 31.5. The summed E-state index contributed by atoms with van der Waals surface area (Å²) in [4.78, 5) is 0. The molecule has 0 unspecified atom stereocenters. The molecule has 0 nitrogen and oxygen atoms in total. The van der Waals surface area contributed by atoms with E-state index in [1.807, 2.05) is 0 Å². The van der Waals surface area contributed by atoms with Crippen molar-refractivity contribution in [1.82, 2.24) is 0 Å². The van der Waals surface area contributed by atoms with Crippen molar-refractivity contribution in [3.05, 3.63) is 241 Å². The Bertz CT molecular complexity index is 3020. The van der Waals surface area contributed by atoms with Crippen LogP contribution in [0.5, 0.6) is 0 Å². The molecule has 0 N–H and O–H groups in total. The molecule has 11 rings (SSSR count). The van der Waals surface area contributed by atoms with E-state index in [-0.39, 0.29) is 0 Å². The number of benzene rings is 10. The number of rotatable bonds is 5. The fourth-order valence-electron chi connectivity index (χ4n) is 9.43. The van der Waals surface area contributed by atoms with E-state index in [2.05, 4.69) is 218 Å². The molecular formula is C55H36. The Hall–Kier alpha value is -7.02. The molecule has 10 aromatic carbocycles. The lowest BCUT2D eigenvalue weighted by Crippen LogP contribution is -2.28. The molecule has 0 heterocycles. The molecule has 0 atom stereocenters. The predicted octanol–water partition coefficient (Wildman–Crippen LogP) is 14.5. The first-order chi connectivity index (χ1) is 27.3. The van der Waals surface area contributed by atoms with Gasteiger partial charge < -0.3 is 0 Å². The second kappa shape index (κ2) is 12.5. The molecule has 0 fully saturated rings. The lowest BCUT2D eigenvalue weighted by molar-refractivity contribution is 0.769. The van der Waals surface area contributed by atoms with Crippen LogP contribution in [-0.2, 0) is 5.41 Å². The van der Waals surface area contributed by atoms with Crippen molar-refractivity contribution in [2.75, 3.05) is 0 Å². The number of hydrogen-bond donors (Lipinski definition) is 0. The molecule has 1 aliphatic carbocycles. The third kappa shape index (κ3) is 4.85. The summed E-state index contributed by atoms with van der Waals surface area (Å²) < 4.78 is 0. The molecule has 0 saturated carbocycles. The van der Waals surface area contributed by atoms with Gasteiger partial charge in [0.15, 0.2) is 0 Å². The summed E-state index contributed by atoms with van der Waals surface area (Å²) >= 11 is 0. The maximum atomic E-state index is 2.53. The molecule has 0 aromatic heterocycles. The van der Waals surface area contributed by atoms with Crippen LogP contribution in [0.1, 0.15) is 22.3 Å². The highest BCUT2D eigenvalue weighted by atomic mass is 14.5. The van der Waals surface area contributed by atoms with Crippen molar-refractivity contribution >= 4 is 32.3 Å². The standard InChI is InChI=1S/C55H36/c1-3-18-44(19-4-1)55(45-20-5-2-6-21-45)52-35-43(39-28-26-38(27-29-39)42-31-30-37-14-7-8-16-41(37)34-42)32-33-50(52)54-49-24-12-11-23-48(49)51(36-53(54)55)47-25-13-17-40-15-9-10-22-46(40)47/h1-36H. The van der Waals surface area contributed by atoms with Crippen LogP contribution in [0.3, 0.4) is 0 Å². The van der Waals surface area contributed by atoms with Crippen LogP contribution >= 0.6 is 0 Å². The number of fused-ring (bicyclic) bond motifs is 7. The third-order valence-corrected chi connectivity index (χ3v) is 11.9. The first-order valence-corrected chi connectivity index (χ1v) is 19.2. The van der Waals surface area contributed by atoms with Gasteiger partial charge in [-0.25, -0.2) is 0 Å². The highest BCUT2D eigenvalue weighted by Gasteiger charge is 2.47. The van der Waals surface area contributed by atoms with E-state index in [9.17, 15) is 0 Å². The van der Waals surface area contributed by atoms with Gasteiger partial charge >= 0.3 is 0 Å². The van der Waals surface area contributed by atoms with Gasteiger partial charge in [0.2, 0.25) is 0 Å². The van der Waals surface area contributed by atoms with Crippen LogP contribution in [0.2, 0.25) is 0 Å². The summed E-state index contributed by atoms with van der Waals surface area (Å²) in [6.45, 7) is 0. The van der Waals surface area contributed by atoms with Gasteiger partial charge in [0.1, 0.15) is 0 Å². The third-order valence-electron chi connectivity index (χ3n) is 11.9. The average molecular weight is 697 g/mol. The maximum Gasteiger partial charge on any atom is 0.0714 e. The van der Waals surface area contributed by atoms with Crippen LogP contribution in [0.25, 0.3) is 76.8 Å². The second-order valence-corrected chi connectivity index (χ2v) is 14.8. The Labute approximate surface area is 321 Å². The van der Waals surface area contributed by atoms with Crippen molar-refractivity contribution in [1.29, 1.82) is 0 Å². The highest BCUT2D eigenvalue weighted by molar-refractivity contribution is 6.13. The zero-order valence-corrected chi connectivity index (χ0v) is 30.3. The summed E-state index contributed by atoms with van der Waals surface area (Å²) in [5, 5.41) is 7.60. The van der Waals surface area contributed by atoms with E-state index in [0.29, 0.717) is 0 Å². The summed E-state index contributed by atoms with van der Waals surface area (Å²) in [5.41, 5.74) is 14.6. The largest absolute Gasteiger partial charge is 0.0714 e. The monoisotopic (exact) mass is 696 g/mol. The van der Waals surface area contributed by atoms with Crippen LogP contribution in [-0.4, -0.2) is 0 Å². The van der Waals surface area contributed by atoms with Crippen LogP contribution in [0, 0.1) is 0 Å². The van der Waals surface area contributed by atoms with Gasteiger partial charge in [0.25, 0.3) is 0 Å². The molecule has 1 aliphatic rings. The lowest BCUT2D eigenvalue weighted by atomic mass is 9.67. The molecule has 0 radical (unpaired) electrons. The second-order valence-electron chi connectivity index (χ2n) is 14.8. The van der Waals surface area contributed by atoms with Gasteiger partial charge in [0.05, 0.1) is 5.41 Å². The fraction of sp³-hybridized carbons (Fsp3) is 0.0182. The van der Waals surface area contributed by atoms with Gasteiger partial charge in [-0.3, -0.25) is 0 Å². The first-order valence-electron chi connectivity index (χ1n) is 19.2. The van der Waals surface area contributed by atoms with Gasteiger partial charge in [-0.2, -0.15) is 0 Å². The Morgan fingerprint density at radius 2 is 0.782 bits per heavy atom. The van der Waals surface area contributed by atoms with Crippen molar-refractivity contribution in [3.8, 4) is 44.5 Å². The Morgan fingerprint density at radius 1 is 0.255 bits per heavy atom. The lowest BCUT2D eigenvalue weighted by Gasteiger charge is -2.34. The normalized spacial score (nSPS) is 12.9. The van der Waals surface area contributed by atoms with E-state index in [1.165, 1.54) is 99.1 Å². The van der Waals surface area contributed by atoms with Crippen LogP contribution in [0.15, 0.2) is 218 Å². The van der Waals surface area contributed by atoms with E-state index in [4.69, 9.17) is 0 Å². The topological polar surface area (TPSA) is 0 Å². The minimum absolute atomic E-state index is 0.544. The fourth-order valence-corrected chi connectivity index (χ4v) is 9.43. The molecular weight excluding hydrogens is 661 g/mol. The Kier molecular flexibility index (Phi) is 7.19. The van der Waals surface area contributed by atoms with Gasteiger partial charge in [0, 0.05) is 0 Å². The highest BCUT2D eigenvalue weighted by Crippen LogP contribution is 2.59. The zero-order chi connectivity index (χ0) is 36.3. The average Bonchev–Trinajstić information content (AvgIpc) is 3.57. The molecule has 0 spiro atoms. The SMILES string of the molecule is c1ccc(C2(c3ccccc3)c3cc(-c4ccc(-c5ccc6ccccc6c5)cc4)ccc3-c3c2cc(-c2cccc4ccccc24)c2ccccc32)cc1. The molecule has 0 aliphatic heterocycles. The molecule has 10 aromatic rings. The Morgan fingerprint density at radius 3 is 1.49 bits per heavy atom. The predicted molar refractivity (Wildman–Crippen MR) is 233 cm³/mol. The van der Waals surface area contributed by atoms with Crippen molar-refractivity contribution in [2.45, 2.75) is 5.41 Å². The van der Waals surface area contributed by atoms with Gasteiger partial charge in [-0.05, 0) is 117 Å². The molecule has 0 amide bonds. The molecule has 0 heteroatoms. The number of hydrogen-bond acceptors (Lipinski definition) is 0. The summed E-state index contributed by atoms with van der Waals surface area (Å²) in [6.07, 6.45) is 0. The van der Waals surface area contributed by atoms with Crippen molar-refractivity contribution in [2.24, 2.45) is 0 Å². The maximum absolute atomic E-state index is 2.53. The minimum Gasteiger partial charge on any atom is -0.0622 e. The van der Waals surface area contributed by atoms with E-state index in [0.717, 1.165) is 0 Å².